The molecule has 3 atom stereocenters. The highest BCUT2D eigenvalue weighted by Gasteiger charge is 2.39. The molecule has 1 heterocycles. The maximum absolute atomic E-state index is 14.1. The van der Waals surface area contributed by atoms with E-state index in [1.807, 2.05) is 11.0 Å². The number of amides is 1. The van der Waals surface area contributed by atoms with Crippen molar-refractivity contribution < 1.29 is 9.18 Å². The molecule has 3 unspecified atom stereocenters. The molecule has 0 spiro atoms. The summed E-state index contributed by atoms with van der Waals surface area (Å²) in [7, 11) is 0. The van der Waals surface area contributed by atoms with Gasteiger partial charge >= 0.3 is 0 Å². The molecule has 1 N–H and O–H groups in total. The Hall–Kier alpha value is -1.42. The third-order valence-electron chi connectivity index (χ3n) is 4.94. The highest BCUT2D eigenvalue weighted by molar-refractivity contribution is 5.81. The zero-order valence-electron chi connectivity index (χ0n) is 12.5. The molecule has 1 amide bonds. The van der Waals surface area contributed by atoms with Gasteiger partial charge in [0.2, 0.25) is 5.91 Å². The predicted octanol–water partition coefficient (Wildman–Crippen LogP) is 3.22. The highest BCUT2D eigenvalue weighted by Crippen LogP contribution is 2.35. The Labute approximate surface area is 125 Å². The lowest BCUT2D eigenvalue weighted by Gasteiger charge is -2.38. The van der Waals surface area contributed by atoms with E-state index in [0.717, 1.165) is 25.7 Å². The van der Waals surface area contributed by atoms with Crippen molar-refractivity contribution in [1.82, 2.24) is 10.2 Å². The van der Waals surface area contributed by atoms with Crippen LogP contribution in [0, 0.1) is 11.7 Å². The van der Waals surface area contributed by atoms with E-state index in [0.29, 0.717) is 18.0 Å². The summed E-state index contributed by atoms with van der Waals surface area (Å²) < 4.78 is 14.1. The summed E-state index contributed by atoms with van der Waals surface area (Å²) in [4.78, 5) is 14.2. The minimum Gasteiger partial charge on any atom is -0.319 e. The van der Waals surface area contributed by atoms with Crippen molar-refractivity contribution in [2.45, 2.75) is 51.2 Å². The number of nitrogens with one attached hydrogen (secondary N) is 1. The van der Waals surface area contributed by atoms with E-state index in [1.165, 1.54) is 12.5 Å². The first-order valence-corrected chi connectivity index (χ1v) is 7.99. The van der Waals surface area contributed by atoms with Gasteiger partial charge in [-0.15, -0.1) is 0 Å². The molecule has 0 bridgehead atoms. The Morgan fingerprint density at radius 1 is 1.33 bits per heavy atom. The maximum Gasteiger partial charge on any atom is 0.238 e. The molecule has 114 valence electrons. The number of hydrogen-bond donors (Lipinski definition) is 1. The van der Waals surface area contributed by atoms with E-state index in [2.05, 4.69) is 12.2 Å². The summed E-state index contributed by atoms with van der Waals surface area (Å²) in [6, 6.07) is 7.01. The zero-order chi connectivity index (χ0) is 14.8. The molecule has 3 rings (SSSR count). The van der Waals surface area contributed by atoms with Crippen LogP contribution in [-0.4, -0.2) is 23.4 Å². The molecular weight excluding hydrogens is 267 g/mol. The fraction of sp³-hybridized carbons (Fsp3) is 0.588. The molecule has 4 heteroatoms. The monoisotopic (exact) mass is 290 g/mol. The van der Waals surface area contributed by atoms with Crippen LogP contribution < -0.4 is 5.32 Å². The van der Waals surface area contributed by atoms with Gasteiger partial charge in [0.1, 0.15) is 12.0 Å². The number of nitrogens with zero attached hydrogens (tertiary/aromatic N) is 1. The minimum atomic E-state index is -0.306. The first-order valence-electron chi connectivity index (χ1n) is 7.99. The Morgan fingerprint density at radius 2 is 2.14 bits per heavy atom. The quantitative estimate of drug-likeness (QED) is 0.927. The van der Waals surface area contributed by atoms with Gasteiger partial charge in [-0.25, -0.2) is 4.39 Å². The predicted molar refractivity (Wildman–Crippen MR) is 80.0 cm³/mol. The summed E-state index contributed by atoms with van der Waals surface area (Å²) in [5, 5.41) is 3.18. The van der Waals surface area contributed by atoms with Crippen LogP contribution in [0.15, 0.2) is 24.3 Å². The largest absolute Gasteiger partial charge is 0.319 e. The topological polar surface area (TPSA) is 32.3 Å². The number of rotatable bonds is 3. The van der Waals surface area contributed by atoms with Crippen molar-refractivity contribution in [2.24, 2.45) is 5.92 Å². The summed E-state index contributed by atoms with van der Waals surface area (Å²) in [6.45, 7) is 2.53. The summed E-state index contributed by atoms with van der Waals surface area (Å²) >= 11 is 0. The van der Waals surface area contributed by atoms with Crippen LogP contribution >= 0.6 is 0 Å². The molecule has 1 saturated heterocycles. The van der Waals surface area contributed by atoms with Crippen LogP contribution in [0.4, 0.5) is 4.39 Å². The van der Waals surface area contributed by atoms with Crippen molar-refractivity contribution in [1.29, 1.82) is 0 Å². The third kappa shape index (κ3) is 2.82. The first-order chi connectivity index (χ1) is 10.2. The highest BCUT2D eigenvalue weighted by atomic mass is 19.1. The van der Waals surface area contributed by atoms with Gasteiger partial charge < -0.3 is 4.90 Å². The fourth-order valence-electron chi connectivity index (χ4n) is 3.77. The number of halogens is 1. The minimum absolute atomic E-state index is 0.102. The van der Waals surface area contributed by atoms with E-state index < -0.39 is 0 Å². The van der Waals surface area contributed by atoms with Gasteiger partial charge in [0.05, 0.1) is 6.54 Å². The van der Waals surface area contributed by atoms with Crippen LogP contribution in [0.25, 0.3) is 0 Å². The average Bonchev–Trinajstić information content (AvgIpc) is 2.89. The smallest absolute Gasteiger partial charge is 0.238 e. The van der Waals surface area contributed by atoms with E-state index in [1.54, 1.807) is 12.1 Å². The second kappa shape index (κ2) is 6.14. The molecular formula is C17H23FN2O. The van der Waals surface area contributed by atoms with Crippen LogP contribution in [0.5, 0.6) is 0 Å². The van der Waals surface area contributed by atoms with Gasteiger partial charge in [0.15, 0.2) is 0 Å². The molecule has 1 aliphatic carbocycles. The molecule has 0 aromatic heterocycles. The van der Waals surface area contributed by atoms with Crippen LogP contribution in [-0.2, 0) is 4.79 Å². The molecule has 3 nitrogen and oxygen atoms in total. The van der Waals surface area contributed by atoms with Crippen molar-refractivity contribution in [3.05, 3.63) is 35.6 Å². The molecule has 2 fully saturated rings. The summed E-state index contributed by atoms with van der Waals surface area (Å²) in [6.07, 6.45) is 5.36. The van der Waals surface area contributed by atoms with Gasteiger partial charge in [0, 0.05) is 11.6 Å². The van der Waals surface area contributed by atoms with Gasteiger partial charge in [-0.05, 0) is 24.8 Å². The van der Waals surface area contributed by atoms with Gasteiger partial charge in [-0.2, -0.15) is 0 Å². The molecule has 1 aromatic rings. The molecule has 0 radical (unpaired) electrons. The van der Waals surface area contributed by atoms with Gasteiger partial charge in [0.25, 0.3) is 0 Å². The lowest BCUT2D eigenvalue weighted by Crippen LogP contribution is -2.42. The summed E-state index contributed by atoms with van der Waals surface area (Å²) in [5.74, 6) is 0.556. The zero-order valence-corrected chi connectivity index (χ0v) is 12.5. The standard InChI is InChI=1S/C17H23FN2O/c1-2-12-6-5-7-13(10-12)20-16(21)11-19-17(20)14-8-3-4-9-15(14)18/h3-4,8-9,12-13,17,19H,2,5-7,10-11H2,1H3. The lowest BCUT2D eigenvalue weighted by molar-refractivity contribution is -0.131. The number of carbonyl (C=O) groups is 1. The maximum atomic E-state index is 14.1. The van der Waals surface area contributed by atoms with Gasteiger partial charge in [-0.3, -0.25) is 10.1 Å². The van der Waals surface area contributed by atoms with Crippen molar-refractivity contribution in [3.63, 3.8) is 0 Å². The average molecular weight is 290 g/mol. The normalized spacial score (nSPS) is 29.9. The molecule has 2 aliphatic rings. The number of carbonyl (C=O) groups excluding carboxylic acids is 1. The lowest BCUT2D eigenvalue weighted by atomic mass is 9.83. The van der Waals surface area contributed by atoms with E-state index in [9.17, 15) is 9.18 Å². The van der Waals surface area contributed by atoms with Gasteiger partial charge in [-0.1, -0.05) is 44.4 Å². The van der Waals surface area contributed by atoms with Crippen molar-refractivity contribution in [2.75, 3.05) is 6.54 Å². The third-order valence-corrected chi connectivity index (χ3v) is 4.94. The molecule has 1 aliphatic heterocycles. The SMILES string of the molecule is CCC1CCCC(N2C(=O)CNC2c2ccccc2F)C1. The van der Waals surface area contributed by atoms with Crippen LogP contribution in [0.1, 0.15) is 50.8 Å². The van der Waals surface area contributed by atoms with Crippen molar-refractivity contribution >= 4 is 5.91 Å². The van der Waals surface area contributed by atoms with E-state index in [-0.39, 0.29) is 23.9 Å². The number of hydrogen-bond acceptors (Lipinski definition) is 2. The number of benzene rings is 1. The Bertz CT molecular complexity index is 519. The second-order valence-corrected chi connectivity index (χ2v) is 6.20. The first kappa shape index (κ1) is 14.5. The molecule has 1 saturated carbocycles. The Morgan fingerprint density at radius 3 is 2.90 bits per heavy atom. The van der Waals surface area contributed by atoms with Crippen LogP contribution in [0.3, 0.4) is 0 Å². The fourth-order valence-corrected chi connectivity index (χ4v) is 3.77. The van der Waals surface area contributed by atoms with E-state index in [4.69, 9.17) is 0 Å². The molecule has 1 aromatic carbocycles. The Balaban J connectivity index is 1.84. The Kier molecular flexibility index (Phi) is 4.24. The van der Waals surface area contributed by atoms with Crippen molar-refractivity contribution in [3.8, 4) is 0 Å². The molecule has 21 heavy (non-hydrogen) atoms. The van der Waals surface area contributed by atoms with E-state index >= 15 is 0 Å². The second-order valence-electron chi connectivity index (χ2n) is 6.20. The summed E-state index contributed by atoms with van der Waals surface area (Å²) in [5.41, 5.74) is 0.585. The van der Waals surface area contributed by atoms with Crippen LogP contribution in [0.2, 0.25) is 0 Å².